The van der Waals surface area contributed by atoms with E-state index >= 15 is 0 Å². The number of carbonyl (C=O) groups excluding carboxylic acids is 1. The van der Waals surface area contributed by atoms with Gasteiger partial charge in [-0.15, -0.1) is 0 Å². The molecular formula is C29H31F3N4O2. The normalized spacial score (nSPS) is 19.0. The molecular weight excluding hydrogens is 493 g/mol. The number of anilines is 1. The third kappa shape index (κ3) is 4.33. The molecule has 9 heteroatoms. The van der Waals surface area contributed by atoms with Gasteiger partial charge in [0.05, 0.1) is 11.6 Å². The molecule has 2 unspecified atom stereocenters. The van der Waals surface area contributed by atoms with Crippen molar-refractivity contribution in [2.75, 3.05) is 11.4 Å². The van der Waals surface area contributed by atoms with Crippen LogP contribution < -0.4 is 10.5 Å². The highest BCUT2D eigenvalue weighted by Crippen LogP contribution is 2.36. The molecule has 4 heterocycles. The quantitative estimate of drug-likeness (QED) is 0.401. The van der Waals surface area contributed by atoms with Crippen molar-refractivity contribution in [1.82, 2.24) is 14.0 Å². The Morgan fingerprint density at radius 1 is 1.11 bits per heavy atom. The molecule has 6 nitrogen and oxygen atoms in total. The van der Waals surface area contributed by atoms with Gasteiger partial charge in [0.25, 0.3) is 11.5 Å². The van der Waals surface area contributed by atoms with Gasteiger partial charge in [0.15, 0.2) is 0 Å². The van der Waals surface area contributed by atoms with Crippen molar-refractivity contribution in [3.63, 3.8) is 0 Å². The summed E-state index contributed by atoms with van der Waals surface area (Å²) in [5.74, 6) is 0.107. The monoisotopic (exact) mass is 524 g/mol. The number of benzene rings is 1. The summed E-state index contributed by atoms with van der Waals surface area (Å²) in [4.78, 5) is 30.5. The summed E-state index contributed by atoms with van der Waals surface area (Å²) in [6, 6.07) is 6.72. The maximum Gasteiger partial charge on any atom is 0.416 e. The van der Waals surface area contributed by atoms with E-state index in [-0.39, 0.29) is 11.5 Å². The zero-order valence-electron chi connectivity index (χ0n) is 21.9. The summed E-state index contributed by atoms with van der Waals surface area (Å²) in [5, 5.41) is 0.683. The van der Waals surface area contributed by atoms with E-state index in [9.17, 15) is 22.8 Å². The number of hydrogen-bond donors (Lipinski definition) is 0. The highest BCUT2D eigenvalue weighted by Gasteiger charge is 2.34. The topological polar surface area (TPSA) is 50.5 Å². The molecule has 0 fully saturated rings. The van der Waals surface area contributed by atoms with Gasteiger partial charge in [0.2, 0.25) is 0 Å². The standard InChI is InChI=1S/C29H31F3N4O2/c1-5-33-17-23(22-9-8-21(15-26(22)33)29(30,31)32)20(4)35-13-14-36-25(28(35)38)11-10-24(27(36)37)34-12-6-7-18(2)19(3)16-34/h6,8-12,15-18,20H,5,7,13-14H2,1-4H3. The van der Waals surface area contributed by atoms with E-state index in [1.54, 1.807) is 21.6 Å². The summed E-state index contributed by atoms with van der Waals surface area (Å²) in [5.41, 5.74) is 2.30. The Balaban J connectivity index is 1.48. The van der Waals surface area contributed by atoms with Gasteiger partial charge in [0, 0.05) is 49.1 Å². The number of hydrogen-bond acceptors (Lipinski definition) is 3. The molecule has 0 aliphatic carbocycles. The first-order valence-corrected chi connectivity index (χ1v) is 12.9. The Bertz CT molecular complexity index is 1530. The van der Waals surface area contributed by atoms with Gasteiger partial charge in [-0.05, 0) is 62.9 Å². The van der Waals surface area contributed by atoms with E-state index in [0.29, 0.717) is 47.8 Å². The van der Waals surface area contributed by atoms with Crippen LogP contribution in [0.1, 0.15) is 61.8 Å². The lowest BCUT2D eigenvalue weighted by atomic mass is 10.0. The number of aryl methyl sites for hydroxylation is 1. The molecule has 0 radical (unpaired) electrons. The number of pyridine rings is 1. The van der Waals surface area contributed by atoms with Crippen molar-refractivity contribution in [1.29, 1.82) is 0 Å². The van der Waals surface area contributed by atoms with E-state index in [2.05, 4.69) is 6.92 Å². The molecule has 0 saturated heterocycles. The molecule has 1 aromatic carbocycles. The van der Waals surface area contributed by atoms with E-state index < -0.39 is 17.8 Å². The molecule has 2 aromatic heterocycles. The Kier molecular flexibility index (Phi) is 6.49. The molecule has 38 heavy (non-hydrogen) atoms. The molecule has 0 spiro atoms. The van der Waals surface area contributed by atoms with Crippen molar-refractivity contribution in [2.45, 2.75) is 59.4 Å². The van der Waals surface area contributed by atoms with Crippen molar-refractivity contribution >= 4 is 22.5 Å². The van der Waals surface area contributed by atoms with Crippen molar-refractivity contribution < 1.29 is 18.0 Å². The molecule has 2 aliphatic heterocycles. The first-order chi connectivity index (χ1) is 18.0. The number of halogens is 3. The predicted molar refractivity (Wildman–Crippen MR) is 142 cm³/mol. The van der Waals surface area contributed by atoms with Crippen LogP contribution in [0.5, 0.6) is 0 Å². The van der Waals surface area contributed by atoms with Crippen LogP contribution in [0.4, 0.5) is 18.9 Å². The second-order valence-electron chi connectivity index (χ2n) is 10.1. The average Bonchev–Trinajstić information content (AvgIpc) is 3.17. The fraction of sp³-hybridized carbons (Fsp3) is 0.379. The summed E-state index contributed by atoms with van der Waals surface area (Å²) in [7, 11) is 0. The van der Waals surface area contributed by atoms with Crippen molar-refractivity contribution in [3.8, 4) is 0 Å². The van der Waals surface area contributed by atoms with Gasteiger partial charge >= 0.3 is 6.18 Å². The average molecular weight is 525 g/mol. The number of amides is 1. The van der Waals surface area contributed by atoms with Crippen LogP contribution in [0.15, 0.2) is 65.4 Å². The summed E-state index contributed by atoms with van der Waals surface area (Å²) >= 11 is 0. The maximum absolute atomic E-state index is 13.6. The number of aromatic nitrogens is 2. The summed E-state index contributed by atoms with van der Waals surface area (Å²) in [6.45, 7) is 9.08. The minimum absolute atomic E-state index is 0.228. The van der Waals surface area contributed by atoms with Gasteiger partial charge in [-0.25, -0.2) is 0 Å². The fourth-order valence-corrected chi connectivity index (χ4v) is 5.36. The molecule has 5 rings (SSSR count). The molecule has 0 N–H and O–H groups in total. The van der Waals surface area contributed by atoms with Crippen molar-refractivity contribution in [2.24, 2.45) is 5.92 Å². The number of nitrogens with zero attached hydrogens (tertiary/aromatic N) is 4. The minimum atomic E-state index is -4.43. The first-order valence-electron chi connectivity index (χ1n) is 12.9. The lowest BCUT2D eigenvalue weighted by Crippen LogP contribution is -2.45. The smallest absolute Gasteiger partial charge is 0.347 e. The molecule has 0 saturated carbocycles. The zero-order chi connectivity index (χ0) is 27.4. The third-order valence-electron chi connectivity index (χ3n) is 7.85. The summed E-state index contributed by atoms with van der Waals surface area (Å²) < 4.78 is 43.3. The number of carbonyl (C=O) groups is 1. The second-order valence-corrected chi connectivity index (χ2v) is 10.1. The number of rotatable bonds is 4. The van der Waals surface area contributed by atoms with Crippen LogP contribution in [0.25, 0.3) is 10.9 Å². The Hall–Kier alpha value is -3.75. The molecule has 3 aromatic rings. The number of fused-ring (bicyclic) bond motifs is 2. The molecule has 2 atom stereocenters. The molecule has 200 valence electrons. The molecule has 1 amide bonds. The Labute approximate surface area is 219 Å². The van der Waals surface area contributed by atoms with Gasteiger partial charge in [-0.3, -0.25) is 9.59 Å². The van der Waals surface area contributed by atoms with Crippen LogP contribution in [0.3, 0.4) is 0 Å². The lowest BCUT2D eigenvalue weighted by molar-refractivity contribution is -0.137. The molecule has 2 aliphatic rings. The van der Waals surface area contributed by atoms with Crippen molar-refractivity contribution in [3.05, 3.63) is 87.8 Å². The van der Waals surface area contributed by atoms with Gasteiger partial charge in [-0.1, -0.05) is 24.6 Å². The Morgan fingerprint density at radius 2 is 1.87 bits per heavy atom. The van der Waals surface area contributed by atoms with Gasteiger partial charge in [0.1, 0.15) is 11.4 Å². The first kappa shape index (κ1) is 25.9. The number of allylic oxidation sites excluding steroid dienone is 2. The SMILES string of the molecule is CCn1cc(C(C)N2CCn3c(ccc(N4C=CCC(C)C(C)=C4)c3=O)C2=O)c2ccc(C(F)(F)F)cc21. The third-order valence-corrected chi connectivity index (χ3v) is 7.85. The van der Waals surface area contributed by atoms with E-state index in [4.69, 9.17) is 0 Å². The van der Waals surface area contributed by atoms with Crippen LogP contribution in [0, 0.1) is 5.92 Å². The van der Waals surface area contributed by atoms with Crippen LogP contribution >= 0.6 is 0 Å². The highest BCUT2D eigenvalue weighted by atomic mass is 19.4. The minimum Gasteiger partial charge on any atom is -0.347 e. The highest BCUT2D eigenvalue weighted by molar-refractivity contribution is 5.94. The fourth-order valence-electron chi connectivity index (χ4n) is 5.36. The van der Waals surface area contributed by atoms with E-state index in [1.807, 2.05) is 50.3 Å². The Morgan fingerprint density at radius 3 is 2.58 bits per heavy atom. The van der Waals surface area contributed by atoms with Gasteiger partial charge < -0.3 is 18.9 Å². The van der Waals surface area contributed by atoms with Gasteiger partial charge in [-0.2, -0.15) is 13.2 Å². The predicted octanol–water partition coefficient (Wildman–Crippen LogP) is 6.32. The zero-order valence-corrected chi connectivity index (χ0v) is 21.9. The van der Waals surface area contributed by atoms with E-state index in [0.717, 1.165) is 24.1 Å². The maximum atomic E-state index is 13.6. The molecule has 0 bridgehead atoms. The van der Waals surface area contributed by atoms with Crippen LogP contribution in [-0.2, 0) is 19.3 Å². The largest absolute Gasteiger partial charge is 0.416 e. The van der Waals surface area contributed by atoms with E-state index in [1.165, 1.54) is 16.2 Å². The summed E-state index contributed by atoms with van der Waals surface area (Å²) in [6.07, 6.45) is 4.18. The number of alkyl halides is 3. The van der Waals surface area contributed by atoms with Crippen LogP contribution in [-0.4, -0.2) is 26.5 Å². The lowest BCUT2D eigenvalue weighted by Gasteiger charge is -2.34. The second kappa shape index (κ2) is 9.53. The van der Waals surface area contributed by atoms with Crippen LogP contribution in [0.2, 0.25) is 0 Å².